The van der Waals surface area contributed by atoms with Crippen molar-refractivity contribution in [2.24, 2.45) is 0 Å². The molecule has 0 N–H and O–H groups in total. The second-order valence-corrected chi connectivity index (χ2v) is 7.11. The first-order chi connectivity index (χ1) is 12.0. The molecule has 1 atom stereocenters. The van der Waals surface area contributed by atoms with Crippen LogP contribution in [0.2, 0.25) is 5.02 Å². The summed E-state index contributed by atoms with van der Waals surface area (Å²) < 4.78 is 19.1. The largest absolute Gasteiger partial charge is 0.340 e. The van der Waals surface area contributed by atoms with Gasteiger partial charge in [0.15, 0.2) is 5.82 Å². The Bertz CT molecular complexity index is 688. The molecule has 0 amide bonds. The number of halogens is 2. The number of hydrogen-bond donors (Lipinski definition) is 0. The van der Waals surface area contributed by atoms with Gasteiger partial charge in [0.2, 0.25) is 5.89 Å². The molecule has 0 radical (unpaired) electrons. The van der Waals surface area contributed by atoms with Crippen molar-refractivity contribution in [3.8, 4) is 0 Å². The number of rotatable bonds is 5. The highest BCUT2D eigenvalue weighted by atomic mass is 35.5. The minimum absolute atomic E-state index is 0.224. The average molecular weight is 367 g/mol. The zero-order chi connectivity index (χ0) is 17.8. The molecular formula is C18H24ClFN4O. The summed E-state index contributed by atoms with van der Waals surface area (Å²) in [5.41, 5.74) is 0.596. The predicted octanol–water partition coefficient (Wildman–Crippen LogP) is 3.66. The van der Waals surface area contributed by atoms with Crippen molar-refractivity contribution in [3.63, 3.8) is 0 Å². The van der Waals surface area contributed by atoms with E-state index in [9.17, 15) is 4.39 Å². The number of hydrogen-bond acceptors (Lipinski definition) is 5. The summed E-state index contributed by atoms with van der Waals surface area (Å²) in [6, 6.07) is 5.33. The Morgan fingerprint density at radius 1 is 1.36 bits per heavy atom. The van der Waals surface area contributed by atoms with E-state index >= 15 is 0 Å². The van der Waals surface area contributed by atoms with E-state index in [0.717, 1.165) is 38.2 Å². The molecule has 2 heterocycles. The van der Waals surface area contributed by atoms with E-state index in [1.54, 1.807) is 19.1 Å². The Hall–Kier alpha value is -1.50. The van der Waals surface area contributed by atoms with Crippen molar-refractivity contribution < 1.29 is 8.91 Å². The number of benzene rings is 1. The normalized spacial score (nSPS) is 19.3. The van der Waals surface area contributed by atoms with Gasteiger partial charge >= 0.3 is 0 Å². The second-order valence-electron chi connectivity index (χ2n) is 6.71. The van der Waals surface area contributed by atoms with Crippen LogP contribution in [0.1, 0.15) is 36.5 Å². The number of aryl methyl sites for hydroxylation is 1. The number of likely N-dealkylation sites (tertiary alicyclic amines) is 1. The van der Waals surface area contributed by atoms with Crippen LogP contribution < -0.4 is 0 Å². The maximum atomic E-state index is 14.0. The third kappa shape index (κ3) is 4.77. The zero-order valence-corrected chi connectivity index (χ0v) is 15.5. The molecule has 3 rings (SSSR count). The monoisotopic (exact) mass is 366 g/mol. The van der Waals surface area contributed by atoms with E-state index < -0.39 is 0 Å². The maximum absolute atomic E-state index is 14.0. The molecule has 1 fully saturated rings. The Morgan fingerprint density at radius 3 is 2.92 bits per heavy atom. The molecule has 7 heteroatoms. The fourth-order valence-electron chi connectivity index (χ4n) is 3.40. The summed E-state index contributed by atoms with van der Waals surface area (Å²) in [4.78, 5) is 8.84. The maximum Gasteiger partial charge on any atom is 0.223 e. The molecule has 0 spiro atoms. The van der Waals surface area contributed by atoms with Crippen LogP contribution in [0.3, 0.4) is 0 Å². The standard InChI is InChI=1S/C18H24ClFN4O/c1-13-21-18(22-25-13)12-23(2)14-5-4-9-24(10-8-14)11-15-16(19)6-3-7-17(15)20/h3,6-7,14H,4-5,8-12H2,1-2H3/t14-/m0/s1. The molecule has 1 saturated heterocycles. The van der Waals surface area contributed by atoms with Gasteiger partial charge in [-0.15, -0.1) is 0 Å². The van der Waals surface area contributed by atoms with Crippen LogP contribution in [0.15, 0.2) is 22.7 Å². The highest BCUT2D eigenvalue weighted by Gasteiger charge is 2.22. The fraction of sp³-hybridized carbons (Fsp3) is 0.556. The fourth-order valence-corrected chi connectivity index (χ4v) is 3.62. The summed E-state index contributed by atoms with van der Waals surface area (Å²) in [6.07, 6.45) is 3.21. The molecule has 5 nitrogen and oxygen atoms in total. The first kappa shape index (κ1) is 18.3. The minimum atomic E-state index is -0.224. The van der Waals surface area contributed by atoms with E-state index in [1.165, 1.54) is 6.07 Å². The van der Waals surface area contributed by atoms with Gasteiger partial charge < -0.3 is 4.52 Å². The van der Waals surface area contributed by atoms with Gasteiger partial charge in [-0.3, -0.25) is 9.80 Å². The highest BCUT2D eigenvalue weighted by Crippen LogP contribution is 2.23. The lowest BCUT2D eigenvalue weighted by molar-refractivity contribution is 0.200. The molecule has 1 aliphatic rings. The van der Waals surface area contributed by atoms with E-state index in [0.29, 0.717) is 35.6 Å². The molecule has 1 aromatic heterocycles. The molecule has 0 aliphatic carbocycles. The zero-order valence-electron chi connectivity index (χ0n) is 14.7. The summed E-state index contributed by atoms with van der Waals surface area (Å²) in [7, 11) is 2.10. The van der Waals surface area contributed by atoms with E-state index in [-0.39, 0.29) is 5.82 Å². The molecule has 0 unspecified atom stereocenters. The Balaban J connectivity index is 1.56. The van der Waals surface area contributed by atoms with Gasteiger partial charge in [0.1, 0.15) is 5.82 Å². The summed E-state index contributed by atoms with van der Waals surface area (Å²) in [5, 5.41) is 4.47. The molecular weight excluding hydrogens is 343 g/mol. The lowest BCUT2D eigenvalue weighted by Gasteiger charge is -2.26. The van der Waals surface area contributed by atoms with Crippen molar-refractivity contribution in [1.82, 2.24) is 19.9 Å². The lowest BCUT2D eigenvalue weighted by Crippen LogP contribution is -2.33. The van der Waals surface area contributed by atoms with Crippen molar-refractivity contribution in [1.29, 1.82) is 0 Å². The van der Waals surface area contributed by atoms with Crippen LogP contribution in [0, 0.1) is 12.7 Å². The smallest absolute Gasteiger partial charge is 0.223 e. The van der Waals surface area contributed by atoms with E-state index in [4.69, 9.17) is 16.1 Å². The molecule has 136 valence electrons. The molecule has 2 aromatic rings. The Kier molecular flexibility index (Phi) is 6.04. The van der Waals surface area contributed by atoms with Crippen molar-refractivity contribution in [2.75, 3.05) is 20.1 Å². The third-order valence-electron chi connectivity index (χ3n) is 4.82. The minimum Gasteiger partial charge on any atom is -0.340 e. The van der Waals surface area contributed by atoms with Gasteiger partial charge in [0, 0.05) is 30.1 Å². The van der Waals surface area contributed by atoms with Crippen molar-refractivity contribution >= 4 is 11.6 Å². The summed E-state index contributed by atoms with van der Waals surface area (Å²) in [6.45, 7) is 4.92. The van der Waals surface area contributed by atoms with E-state index in [1.807, 2.05) is 0 Å². The number of aromatic nitrogens is 2. The molecule has 0 saturated carbocycles. The number of nitrogens with zero attached hydrogens (tertiary/aromatic N) is 4. The van der Waals surface area contributed by atoms with Gasteiger partial charge in [-0.1, -0.05) is 22.8 Å². The van der Waals surface area contributed by atoms with Crippen LogP contribution in [0.25, 0.3) is 0 Å². The Morgan fingerprint density at radius 2 is 2.20 bits per heavy atom. The third-order valence-corrected chi connectivity index (χ3v) is 5.17. The first-order valence-electron chi connectivity index (χ1n) is 8.67. The molecule has 1 aliphatic heterocycles. The quantitative estimate of drug-likeness (QED) is 0.808. The SMILES string of the molecule is Cc1nc(CN(C)[C@H]2CCCN(Cc3c(F)cccc3Cl)CC2)no1. The topological polar surface area (TPSA) is 45.4 Å². The van der Waals surface area contributed by atoms with Crippen LogP contribution >= 0.6 is 11.6 Å². The van der Waals surface area contributed by atoms with Gasteiger partial charge in [-0.05, 0) is 51.5 Å². The lowest BCUT2D eigenvalue weighted by atomic mass is 10.1. The van der Waals surface area contributed by atoms with Crippen molar-refractivity contribution in [2.45, 2.75) is 45.3 Å². The van der Waals surface area contributed by atoms with Crippen LogP contribution in [-0.4, -0.2) is 46.1 Å². The summed E-state index contributed by atoms with van der Waals surface area (Å²) in [5.74, 6) is 1.09. The highest BCUT2D eigenvalue weighted by molar-refractivity contribution is 6.31. The average Bonchev–Trinajstić information content (AvgIpc) is 2.83. The predicted molar refractivity (Wildman–Crippen MR) is 94.8 cm³/mol. The van der Waals surface area contributed by atoms with Crippen LogP contribution in [-0.2, 0) is 13.1 Å². The molecule has 1 aromatic carbocycles. The second kappa shape index (κ2) is 8.25. The van der Waals surface area contributed by atoms with E-state index in [2.05, 4.69) is 27.0 Å². The van der Waals surface area contributed by atoms with Gasteiger partial charge in [0.25, 0.3) is 0 Å². The van der Waals surface area contributed by atoms with Gasteiger partial charge in [-0.25, -0.2) is 4.39 Å². The molecule has 0 bridgehead atoms. The Labute approximate surface area is 152 Å². The molecule has 25 heavy (non-hydrogen) atoms. The van der Waals surface area contributed by atoms with Gasteiger partial charge in [0.05, 0.1) is 6.54 Å². The summed E-state index contributed by atoms with van der Waals surface area (Å²) >= 11 is 6.16. The van der Waals surface area contributed by atoms with Crippen LogP contribution in [0.5, 0.6) is 0 Å². The van der Waals surface area contributed by atoms with Gasteiger partial charge in [-0.2, -0.15) is 4.98 Å². The van der Waals surface area contributed by atoms with Crippen molar-refractivity contribution in [3.05, 3.63) is 46.3 Å². The first-order valence-corrected chi connectivity index (χ1v) is 9.05. The van der Waals surface area contributed by atoms with Crippen LogP contribution in [0.4, 0.5) is 4.39 Å².